The molecule has 2 saturated heterocycles. The Morgan fingerprint density at radius 3 is 2.85 bits per heavy atom. The Balaban J connectivity index is 1.48. The lowest BCUT2D eigenvalue weighted by Crippen LogP contribution is -2.23. The number of oxime groups is 1. The van der Waals surface area contributed by atoms with Crippen LogP contribution < -0.4 is 4.74 Å². The third-order valence-corrected chi connectivity index (χ3v) is 3.77. The third kappa shape index (κ3) is 2.94. The summed E-state index contributed by atoms with van der Waals surface area (Å²) in [5, 5.41) is 4.22. The lowest BCUT2D eigenvalue weighted by Gasteiger charge is -2.12. The second-order valence-corrected chi connectivity index (χ2v) is 5.11. The van der Waals surface area contributed by atoms with Gasteiger partial charge in [-0.3, -0.25) is 4.90 Å². The van der Waals surface area contributed by atoms with E-state index in [2.05, 4.69) is 21.9 Å². The molecule has 2 atom stereocenters. The minimum atomic E-state index is 0.336. The maximum Gasteiger partial charge on any atom is 0.177 e. The zero-order valence-electron chi connectivity index (χ0n) is 11.6. The van der Waals surface area contributed by atoms with Crippen LogP contribution in [0.5, 0.6) is 5.75 Å². The maximum atomic E-state index is 5.30. The van der Waals surface area contributed by atoms with Crippen molar-refractivity contribution in [1.82, 2.24) is 4.90 Å². The van der Waals surface area contributed by atoms with Crippen molar-refractivity contribution in [3.05, 3.63) is 29.8 Å². The molecule has 2 unspecified atom stereocenters. The SMILES string of the molecule is COc1ccc(C#CCO/N=C2/CN3CCC2C3)cc1. The van der Waals surface area contributed by atoms with Crippen LogP contribution in [0.3, 0.4) is 0 Å². The number of ether oxygens (including phenoxy) is 1. The van der Waals surface area contributed by atoms with Gasteiger partial charge in [0.25, 0.3) is 0 Å². The molecule has 1 aromatic rings. The quantitative estimate of drug-likeness (QED) is 0.477. The second kappa shape index (κ2) is 5.98. The van der Waals surface area contributed by atoms with Gasteiger partial charge in [0, 0.05) is 24.6 Å². The van der Waals surface area contributed by atoms with E-state index in [0.717, 1.165) is 24.4 Å². The number of hydrogen-bond acceptors (Lipinski definition) is 4. The van der Waals surface area contributed by atoms with Gasteiger partial charge in [-0.15, -0.1) is 0 Å². The average Bonchev–Trinajstić information content (AvgIpc) is 3.10. The third-order valence-electron chi connectivity index (χ3n) is 3.77. The van der Waals surface area contributed by atoms with Gasteiger partial charge < -0.3 is 9.57 Å². The summed E-state index contributed by atoms with van der Waals surface area (Å²) in [4.78, 5) is 7.71. The van der Waals surface area contributed by atoms with E-state index in [4.69, 9.17) is 9.57 Å². The molecule has 0 aliphatic carbocycles. The van der Waals surface area contributed by atoms with E-state index >= 15 is 0 Å². The van der Waals surface area contributed by atoms with Gasteiger partial charge in [-0.1, -0.05) is 17.0 Å². The van der Waals surface area contributed by atoms with Crippen molar-refractivity contribution in [2.45, 2.75) is 6.42 Å². The fraction of sp³-hybridized carbons (Fsp3) is 0.438. The number of nitrogens with zero attached hydrogens (tertiary/aromatic N) is 2. The molecule has 1 aromatic carbocycles. The van der Waals surface area contributed by atoms with Gasteiger partial charge in [0.15, 0.2) is 6.61 Å². The largest absolute Gasteiger partial charge is 0.497 e. The molecule has 0 spiro atoms. The first-order valence-electron chi connectivity index (χ1n) is 6.89. The summed E-state index contributed by atoms with van der Waals surface area (Å²) < 4.78 is 5.10. The smallest absolute Gasteiger partial charge is 0.177 e. The normalized spacial score (nSPS) is 25.4. The van der Waals surface area contributed by atoms with Gasteiger partial charge in [-0.05, 0) is 37.2 Å². The molecule has 20 heavy (non-hydrogen) atoms. The Kier molecular flexibility index (Phi) is 3.89. The minimum Gasteiger partial charge on any atom is -0.497 e. The predicted octanol–water partition coefficient (Wildman–Crippen LogP) is 1.75. The van der Waals surface area contributed by atoms with Crippen molar-refractivity contribution in [3.63, 3.8) is 0 Å². The van der Waals surface area contributed by atoms with Gasteiger partial charge in [0.05, 0.1) is 12.8 Å². The first kappa shape index (κ1) is 13.0. The molecule has 2 fully saturated rings. The van der Waals surface area contributed by atoms with Crippen molar-refractivity contribution < 1.29 is 9.57 Å². The van der Waals surface area contributed by atoms with Crippen molar-refractivity contribution in [1.29, 1.82) is 0 Å². The van der Waals surface area contributed by atoms with Crippen LogP contribution in [0.4, 0.5) is 0 Å². The van der Waals surface area contributed by atoms with Crippen molar-refractivity contribution >= 4 is 5.71 Å². The fourth-order valence-corrected chi connectivity index (χ4v) is 2.67. The monoisotopic (exact) mass is 270 g/mol. The fourth-order valence-electron chi connectivity index (χ4n) is 2.67. The zero-order chi connectivity index (χ0) is 13.8. The van der Waals surface area contributed by atoms with Crippen LogP contribution in [0, 0.1) is 17.8 Å². The summed E-state index contributed by atoms with van der Waals surface area (Å²) in [6.07, 6.45) is 1.22. The van der Waals surface area contributed by atoms with Crippen LogP contribution in [-0.4, -0.2) is 44.0 Å². The number of piperidine rings is 1. The lowest BCUT2D eigenvalue weighted by atomic mass is 10.0. The maximum absolute atomic E-state index is 5.30. The Labute approximate surface area is 119 Å². The molecule has 2 heterocycles. The summed E-state index contributed by atoms with van der Waals surface area (Å²) in [7, 11) is 1.65. The Morgan fingerprint density at radius 1 is 1.35 bits per heavy atom. The van der Waals surface area contributed by atoms with Crippen molar-refractivity contribution in [2.24, 2.45) is 11.1 Å². The minimum absolute atomic E-state index is 0.336. The van der Waals surface area contributed by atoms with Crippen molar-refractivity contribution in [3.8, 4) is 17.6 Å². The molecule has 2 aliphatic heterocycles. The standard InChI is InChI=1S/C16H18N2O2/c1-19-15-6-4-13(5-7-15)3-2-10-20-17-16-12-18-9-8-14(16)11-18/h4-7,14H,8-12H2,1H3/b17-16-. The number of rotatable bonds is 3. The highest BCUT2D eigenvalue weighted by Gasteiger charge is 2.35. The molecule has 0 amide bonds. The molecule has 0 aromatic heterocycles. The first-order chi connectivity index (χ1) is 9.85. The van der Waals surface area contributed by atoms with Gasteiger partial charge in [-0.25, -0.2) is 0 Å². The summed E-state index contributed by atoms with van der Waals surface area (Å²) in [5.41, 5.74) is 2.13. The molecule has 0 saturated carbocycles. The van der Waals surface area contributed by atoms with E-state index in [1.54, 1.807) is 7.11 Å². The second-order valence-electron chi connectivity index (χ2n) is 5.11. The molecule has 2 bridgehead atoms. The summed E-state index contributed by atoms with van der Waals surface area (Å²) in [5.74, 6) is 7.47. The summed E-state index contributed by atoms with van der Waals surface area (Å²) in [6, 6.07) is 7.66. The van der Waals surface area contributed by atoms with E-state index in [0.29, 0.717) is 12.5 Å². The average molecular weight is 270 g/mol. The van der Waals surface area contributed by atoms with Crippen LogP contribution >= 0.6 is 0 Å². The molecule has 104 valence electrons. The summed E-state index contributed by atoms with van der Waals surface area (Å²) >= 11 is 0. The highest BCUT2D eigenvalue weighted by Crippen LogP contribution is 2.25. The van der Waals surface area contributed by atoms with Gasteiger partial charge in [-0.2, -0.15) is 0 Å². The van der Waals surface area contributed by atoms with Crippen LogP contribution in [0.1, 0.15) is 12.0 Å². The van der Waals surface area contributed by atoms with Crippen LogP contribution in [0.2, 0.25) is 0 Å². The van der Waals surface area contributed by atoms with E-state index in [-0.39, 0.29) is 0 Å². The molecule has 2 aliphatic rings. The number of fused-ring (bicyclic) bond motifs is 2. The van der Waals surface area contributed by atoms with Gasteiger partial charge in [0.1, 0.15) is 5.75 Å². The predicted molar refractivity (Wildman–Crippen MR) is 77.8 cm³/mol. The number of methoxy groups -OCH3 is 1. The molecular weight excluding hydrogens is 252 g/mol. The highest BCUT2D eigenvalue weighted by atomic mass is 16.6. The molecule has 4 nitrogen and oxygen atoms in total. The molecule has 3 rings (SSSR count). The topological polar surface area (TPSA) is 34.1 Å². The Bertz CT molecular complexity index is 554. The lowest BCUT2D eigenvalue weighted by molar-refractivity contribution is 0.177. The molecular formula is C16H18N2O2. The Hall–Kier alpha value is -1.99. The van der Waals surface area contributed by atoms with E-state index < -0.39 is 0 Å². The van der Waals surface area contributed by atoms with Crippen LogP contribution in [-0.2, 0) is 4.84 Å². The van der Waals surface area contributed by atoms with Gasteiger partial charge >= 0.3 is 0 Å². The zero-order valence-corrected chi connectivity index (χ0v) is 11.6. The molecule has 0 radical (unpaired) electrons. The van der Waals surface area contributed by atoms with Crippen molar-refractivity contribution in [2.75, 3.05) is 33.4 Å². The van der Waals surface area contributed by atoms with Gasteiger partial charge in [0.2, 0.25) is 0 Å². The number of benzene rings is 1. The summed E-state index contributed by atoms with van der Waals surface area (Å²) in [6.45, 7) is 3.67. The molecule has 4 heteroatoms. The highest BCUT2D eigenvalue weighted by molar-refractivity contribution is 5.91. The molecule has 0 N–H and O–H groups in total. The first-order valence-corrected chi connectivity index (χ1v) is 6.89. The van der Waals surface area contributed by atoms with Crippen LogP contribution in [0.15, 0.2) is 29.4 Å². The van der Waals surface area contributed by atoms with E-state index in [9.17, 15) is 0 Å². The number of hydrogen-bond donors (Lipinski definition) is 0. The Morgan fingerprint density at radius 2 is 2.20 bits per heavy atom. The van der Waals surface area contributed by atoms with Crippen LogP contribution in [0.25, 0.3) is 0 Å². The van der Waals surface area contributed by atoms with E-state index in [1.807, 2.05) is 24.3 Å². The van der Waals surface area contributed by atoms with E-state index in [1.165, 1.54) is 18.7 Å².